The maximum Gasteiger partial charge on any atom is 0.313 e. The molecule has 2 aromatic heterocycles. The molecule has 3 aromatic rings. The molecule has 0 aliphatic carbocycles. The Kier molecular flexibility index (Phi) is 7.68. The molecule has 0 spiro atoms. The fraction of sp³-hybridized carbons (Fsp3) is 0.391. The Hall–Kier alpha value is -3.06. The zero-order chi connectivity index (χ0) is 21.3. The number of aromatic hydroxyl groups is 1. The molecule has 0 fully saturated rings. The first-order valence-corrected chi connectivity index (χ1v) is 10.5. The van der Waals surface area contributed by atoms with Crippen LogP contribution in [0.3, 0.4) is 0 Å². The molecular formula is C23H29N5O2. The smallest absolute Gasteiger partial charge is 0.313 e. The van der Waals surface area contributed by atoms with Crippen LogP contribution in [-0.2, 0) is 6.67 Å². The summed E-state index contributed by atoms with van der Waals surface area (Å²) >= 11 is 0. The largest absolute Gasteiger partial charge is 0.493 e. The van der Waals surface area contributed by atoms with Gasteiger partial charge >= 0.3 is 5.91 Å². The summed E-state index contributed by atoms with van der Waals surface area (Å²) in [6.07, 6.45) is 5.99. The van der Waals surface area contributed by atoms with Gasteiger partial charge in [-0.25, -0.2) is 0 Å². The van der Waals surface area contributed by atoms with E-state index in [1.54, 1.807) is 18.2 Å². The summed E-state index contributed by atoms with van der Waals surface area (Å²) in [5, 5.41) is 19.6. The lowest BCUT2D eigenvalue weighted by Crippen LogP contribution is -2.28. The second-order valence-electron chi connectivity index (χ2n) is 7.30. The van der Waals surface area contributed by atoms with Crippen LogP contribution < -0.4 is 0 Å². The van der Waals surface area contributed by atoms with Crippen LogP contribution in [0.1, 0.15) is 50.0 Å². The van der Waals surface area contributed by atoms with Gasteiger partial charge in [0.2, 0.25) is 5.88 Å². The Morgan fingerprint density at radius 3 is 2.43 bits per heavy atom. The number of unbranched alkanes of at least 4 members (excludes halogenated alkanes) is 2. The fourth-order valence-electron chi connectivity index (χ4n) is 3.37. The SMILES string of the molecule is CCCCN(CCCC)Cn1c(O)c(N=NC(=O)c2ccccn2)c2ccccc21. The molecule has 0 unspecified atom stereocenters. The number of hydrogen-bond acceptors (Lipinski definition) is 5. The average molecular weight is 408 g/mol. The number of benzene rings is 1. The van der Waals surface area contributed by atoms with E-state index in [1.165, 1.54) is 6.20 Å². The Morgan fingerprint density at radius 1 is 1.07 bits per heavy atom. The lowest BCUT2D eigenvalue weighted by Gasteiger charge is -2.23. The number of aromatic nitrogens is 2. The maximum absolute atomic E-state index is 12.3. The number of azo groups is 1. The normalized spacial score (nSPS) is 11.7. The van der Waals surface area contributed by atoms with Crippen molar-refractivity contribution in [3.63, 3.8) is 0 Å². The van der Waals surface area contributed by atoms with E-state index in [1.807, 2.05) is 28.8 Å². The van der Waals surface area contributed by atoms with E-state index in [0.29, 0.717) is 12.4 Å². The number of pyridine rings is 1. The standard InChI is InChI=1S/C23H29N5O2/c1-3-5-15-27(16-6-4-2)17-28-20-13-8-7-11-18(20)21(23(28)30)25-26-22(29)19-12-9-10-14-24-19/h7-14,30H,3-6,15-17H2,1-2H3. The zero-order valence-corrected chi connectivity index (χ0v) is 17.7. The molecule has 0 radical (unpaired) electrons. The Balaban J connectivity index is 1.92. The van der Waals surface area contributed by atoms with E-state index in [9.17, 15) is 9.90 Å². The van der Waals surface area contributed by atoms with Gasteiger partial charge in [-0.05, 0) is 44.1 Å². The topological polar surface area (TPSA) is 83.1 Å². The summed E-state index contributed by atoms with van der Waals surface area (Å²) in [6.45, 7) is 6.86. The van der Waals surface area contributed by atoms with Crippen LogP contribution in [0.25, 0.3) is 10.9 Å². The Labute approximate surface area is 177 Å². The quantitative estimate of drug-likeness (QED) is 0.448. The molecule has 0 aliphatic rings. The van der Waals surface area contributed by atoms with Gasteiger partial charge in [-0.3, -0.25) is 19.2 Å². The number of hydrogen-bond donors (Lipinski definition) is 1. The minimum atomic E-state index is -0.542. The molecule has 0 atom stereocenters. The van der Waals surface area contributed by atoms with Crippen molar-refractivity contribution in [2.45, 2.75) is 46.2 Å². The third-order valence-corrected chi connectivity index (χ3v) is 5.04. The van der Waals surface area contributed by atoms with Crippen molar-refractivity contribution in [2.75, 3.05) is 13.1 Å². The molecule has 1 N–H and O–H groups in total. The molecular weight excluding hydrogens is 378 g/mol. The molecule has 30 heavy (non-hydrogen) atoms. The Morgan fingerprint density at radius 2 is 1.77 bits per heavy atom. The summed E-state index contributed by atoms with van der Waals surface area (Å²) in [5.74, 6) is -0.522. The van der Waals surface area contributed by atoms with Gasteiger partial charge in [-0.15, -0.1) is 10.2 Å². The first-order chi connectivity index (χ1) is 14.7. The molecule has 1 aromatic carbocycles. The van der Waals surface area contributed by atoms with Crippen molar-refractivity contribution in [3.8, 4) is 5.88 Å². The van der Waals surface area contributed by atoms with Crippen LogP contribution in [0, 0.1) is 0 Å². The third kappa shape index (κ3) is 5.10. The zero-order valence-electron chi connectivity index (χ0n) is 17.7. The van der Waals surface area contributed by atoms with Crippen molar-refractivity contribution in [1.82, 2.24) is 14.5 Å². The third-order valence-electron chi connectivity index (χ3n) is 5.04. The van der Waals surface area contributed by atoms with Gasteiger partial charge in [-0.2, -0.15) is 0 Å². The molecule has 3 rings (SSSR count). The molecule has 7 heteroatoms. The maximum atomic E-state index is 12.3. The lowest BCUT2D eigenvalue weighted by molar-refractivity contribution is 0.0990. The highest BCUT2D eigenvalue weighted by Gasteiger charge is 2.19. The van der Waals surface area contributed by atoms with Crippen LogP contribution in [0.5, 0.6) is 5.88 Å². The molecule has 2 heterocycles. The van der Waals surface area contributed by atoms with Gasteiger partial charge in [0.05, 0.1) is 12.2 Å². The van der Waals surface area contributed by atoms with Crippen LogP contribution in [0.15, 0.2) is 58.9 Å². The van der Waals surface area contributed by atoms with Crippen molar-refractivity contribution in [1.29, 1.82) is 0 Å². The summed E-state index contributed by atoms with van der Waals surface area (Å²) < 4.78 is 1.85. The van der Waals surface area contributed by atoms with E-state index in [2.05, 4.69) is 34.0 Å². The number of carbonyl (C=O) groups is 1. The number of nitrogens with zero attached hydrogens (tertiary/aromatic N) is 5. The second-order valence-corrected chi connectivity index (χ2v) is 7.30. The summed E-state index contributed by atoms with van der Waals surface area (Å²) in [4.78, 5) is 18.6. The van der Waals surface area contributed by atoms with Gasteiger partial charge in [0, 0.05) is 11.6 Å². The first-order valence-electron chi connectivity index (χ1n) is 10.5. The summed E-state index contributed by atoms with van der Waals surface area (Å²) in [6, 6.07) is 12.7. The van der Waals surface area contributed by atoms with E-state index < -0.39 is 5.91 Å². The van der Waals surface area contributed by atoms with E-state index in [4.69, 9.17) is 0 Å². The minimum Gasteiger partial charge on any atom is -0.493 e. The van der Waals surface area contributed by atoms with Crippen molar-refractivity contribution >= 4 is 22.5 Å². The number of amides is 1. The van der Waals surface area contributed by atoms with Gasteiger partial charge in [0.1, 0.15) is 5.69 Å². The van der Waals surface area contributed by atoms with Crippen LogP contribution in [-0.4, -0.2) is 38.6 Å². The highest BCUT2D eigenvalue weighted by Crippen LogP contribution is 2.39. The second kappa shape index (κ2) is 10.6. The van der Waals surface area contributed by atoms with Crippen LogP contribution >= 0.6 is 0 Å². The molecule has 7 nitrogen and oxygen atoms in total. The van der Waals surface area contributed by atoms with Crippen LogP contribution in [0.4, 0.5) is 5.69 Å². The lowest BCUT2D eigenvalue weighted by atomic mass is 10.2. The monoisotopic (exact) mass is 407 g/mol. The Bertz CT molecular complexity index is 990. The van der Waals surface area contributed by atoms with E-state index in [0.717, 1.165) is 49.7 Å². The summed E-state index contributed by atoms with van der Waals surface area (Å²) in [7, 11) is 0. The molecule has 0 saturated heterocycles. The number of carbonyl (C=O) groups excluding carboxylic acids is 1. The number of rotatable bonds is 10. The minimum absolute atomic E-state index is 0.0202. The highest BCUT2D eigenvalue weighted by atomic mass is 16.3. The predicted molar refractivity (Wildman–Crippen MR) is 118 cm³/mol. The fourth-order valence-corrected chi connectivity index (χ4v) is 3.37. The average Bonchev–Trinajstić information content (AvgIpc) is 3.05. The predicted octanol–water partition coefficient (Wildman–Crippen LogP) is 5.53. The molecule has 1 amide bonds. The first kappa shape index (κ1) is 21.6. The molecule has 158 valence electrons. The van der Waals surface area contributed by atoms with Crippen LogP contribution in [0.2, 0.25) is 0 Å². The van der Waals surface area contributed by atoms with Gasteiger partial charge < -0.3 is 5.11 Å². The molecule has 0 aliphatic heterocycles. The number of para-hydroxylation sites is 1. The van der Waals surface area contributed by atoms with E-state index >= 15 is 0 Å². The van der Waals surface area contributed by atoms with Gasteiger partial charge in [0.15, 0.2) is 5.69 Å². The van der Waals surface area contributed by atoms with Gasteiger partial charge in [-0.1, -0.05) is 51.0 Å². The molecule has 0 saturated carbocycles. The highest BCUT2D eigenvalue weighted by molar-refractivity contribution is 5.96. The van der Waals surface area contributed by atoms with Gasteiger partial charge in [0.25, 0.3) is 0 Å². The van der Waals surface area contributed by atoms with E-state index in [-0.39, 0.29) is 11.6 Å². The van der Waals surface area contributed by atoms with Crippen molar-refractivity contribution in [3.05, 3.63) is 54.4 Å². The van der Waals surface area contributed by atoms with Crippen molar-refractivity contribution < 1.29 is 9.90 Å². The summed E-state index contributed by atoms with van der Waals surface area (Å²) in [5.41, 5.74) is 1.39. The van der Waals surface area contributed by atoms with Crippen molar-refractivity contribution in [2.24, 2.45) is 10.2 Å². The molecule has 0 bridgehead atoms. The number of fused-ring (bicyclic) bond motifs is 1.